The first-order valence-corrected chi connectivity index (χ1v) is 27.5. The molecule has 0 saturated heterocycles. The maximum atomic E-state index is 13.6. The van der Waals surface area contributed by atoms with Crippen molar-refractivity contribution in [1.29, 1.82) is 0 Å². The summed E-state index contributed by atoms with van der Waals surface area (Å²) in [4.78, 5) is 26.8. The average Bonchev–Trinajstić information content (AvgIpc) is 3.34. The Bertz CT molecular complexity index is 1810. The van der Waals surface area contributed by atoms with E-state index in [1.807, 2.05) is 18.2 Å². The van der Waals surface area contributed by atoms with Crippen LogP contribution in [-0.4, -0.2) is 24.6 Å². The molecular formula is C58H84ClNO8. The first-order valence-electron chi connectivity index (χ1n) is 26.3. The number of aromatic nitrogens is 1. The van der Waals surface area contributed by atoms with E-state index in [4.69, 9.17) is 28.1 Å². The molecule has 0 radical (unpaired) electrons. The molecule has 0 aliphatic carbocycles. The fourth-order valence-electron chi connectivity index (χ4n) is 8.72. The minimum absolute atomic E-state index is 0.0253. The second kappa shape index (κ2) is 36.8. The van der Waals surface area contributed by atoms with Crippen LogP contribution in [0.5, 0.6) is 0 Å². The molecule has 1 atom stereocenters. The molecule has 376 valence electrons. The van der Waals surface area contributed by atoms with E-state index in [0.717, 1.165) is 72.2 Å². The molecule has 0 aliphatic heterocycles. The van der Waals surface area contributed by atoms with Crippen LogP contribution in [0.3, 0.4) is 0 Å². The maximum Gasteiger partial charge on any atom is 0.306 e. The van der Waals surface area contributed by atoms with Crippen LogP contribution in [0, 0.1) is 10.2 Å². The molecule has 1 aromatic heterocycles. The normalized spacial score (nSPS) is 11.7. The Labute approximate surface area is 412 Å². The summed E-state index contributed by atoms with van der Waals surface area (Å²) in [6.07, 6.45) is 32.8. The van der Waals surface area contributed by atoms with Gasteiger partial charge in [0.05, 0.1) is 0 Å². The van der Waals surface area contributed by atoms with Crippen molar-refractivity contribution < 1.29 is 52.5 Å². The Hall–Kier alpha value is -4.12. The number of benzene rings is 3. The highest BCUT2D eigenvalue weighted by Gasteiger charge is 2.29. The summed E-state index contributed by atoms with van der Waals surface area (Å²) in [5.41, 5.74) is 6.36. The fourth-order valence-corrected chi connectivity index (χ4v) is 8.72. The number of halogens is 1. The second-order valence-corrected chi connectivity index (χ2v) is 19.1. The van der Waals surface area contributed by atoms with Crippen LogP contribution in [0.4, 0.5) is 0 Å². The van der Waals surface area contributed by atoms with Gasteiger partial charge in [0.2, 0.25) is 11.4 Å². The molecule has 0 saturated carbocycles. The van der Waals surface area contributed by atoms with Crippen molar-refractivity contribution in [3.63, 3.8) is 0 Å². The molecule has 0 spiro atoms. The predicted octanol–water partition coefficient (Wildman–Crippen LogP) is 11.6. The predicted molar refractivity (Wildman–Crippen MR) is 264 cm³/mol. The van der Waals surface area contributed by atoms with Gasteiger partial charge in [0.25, 0.3) is 0 Å². The van der Waals surface area contributed by atoms with Crippen LogP contribution in [0.2, 0.25) is 0 Å². The third-order valence-corrected chi connectivity index (χ3v) is 12.5. The molecule has 0 fully saturated rings. The number of rotatable bonds is 36. The van der Waals surface area contributed by atoms with Crippen LogP contribution in [0.1, 0.15) is 194 Å². The number of esters is 2. The van der Waals surface area contributed by atoms with Crippen LogP contribution in [0.15, 0.2) is 103 Å². The molecule has 0 N–H and O–H groups in total. The summed E-state index contributed by atoms with van der Waals surface area (Å²) < 4.78 is 48.5. The van der Waals surface area contributed by atoms with Gasteiger partial charge in [-0.3, -0.25) is 9.59 Å². The van der Waals surface area contributed by atoms with Crippen molar-refractivity contribution in [3.05, 3.63) is 103 Å². The Balaban J connectivity index is 0.00000232. The summed E-state index contributed by atoms with van der Waals surface area (Å²) in [6, 6.07) is 35.7. The zero-order chi connectivity index (χ0) is 48.9. The van der Waals surface area contributed by atoms with Crippen LogP contribution >= 0.6 is 0 Å². The lowest BCUT2D eigenvalue weighted by atomic mass is 9.98. The van der Waals surface area contributed by atoms with Gasteiger partial charge in [0, 0.05) is 36.1 Å². The molecule has 0 amide bonds. The number of pyridine rings is 1. The quantitative estimate of drug-likeness (QED) is 0.0248. The molecule has 9 nitrogen and oxygen atoms in total. The molecule has 0 aliphatic rings. The molecule has 10 heteroatoms. The minimum Gasteiger partial charge on any atom is -0.461 e. The summed E-state index contributed by atoms with van der Waals surface area (Å²) in [6.45, 7) is 4.92. The van der Waals surface area contributed by atoms with E-state index < -0.39 is 16.3 Å². The number of ether oxygens (including phenoxy) is 2. The van der Waals surface area contributed by atoms with E-state index in [1.165, 1.54) is 128 Å². The lowest BCUT2D eigenvalue weighted by Crippen LogP contribution is -2.68. The number of carbonyl (C=O) groups is 2. The van der Waals surface area contributed by atoms with Crippen molar-refractivity contribution in [2.24, 2.45) is 0 Å². The van der Waals surface area contributed by atoms with Crippen molar-refractivity contribution >= 4 is 11.9 Å². The number of unbranched alkanes of at least 4 members (excludes halogenated alkanes) is 24. The molecule has 4 aromatic rings. The van der Waals surface area contributed by atoms with Gasteiger partial charge >= 0.3 is 11.9 Å². The number of hydrogen-bond donors (Lipinski definition) is 0. The third-order valence-electron chi connectivity index (χ3n) is 12.5. The number of hydrogen-bond acceptors (Lipinski definition) is 8. The van der Waals surface area contributed by atoms with Crippen LogP contribution < -0.4 is 23.2 Å². The maximum absolute atomic E-state index is 13.6. The number of nitrogens with zero attached hydrogens (tertiary/aromatic N) is 1. The lowest BCUT2D eigenvalue weighted by Gasteiger charge is -2.19. The zero-order valence-electron chi connectivity index (χ0n) is 41.7. The standard InChI is InChI=1S/C58H84NO4.ClHO4/c1-3-5-7-9-11-13-15-17-19-21-23-25-36-44-57(60)62-49-54(63-58(61)45-37-26-24-22-20-18-16-14-12-10-8-6-4-2)48-59-55(51-40-32-28-33-41-51)46-53(50-38-30-27-31-39-50)47-56(59)52-42-34-29-35-43-52;2-1(3,4)5/h27-35,38-43,46-47,54H,3-26,36-37,44-45,48-49H2,1-2H3;(H,2,3,4,5)/q+1;/p-1. The average molecular weight is 959 g/mol. The Morgan fingerprint density at radius 1 is 0.441 bits per heavy atom. The zero-order valence-corrected chi connectivity index (χ0v) is 42.5. The Morgan fingerprint density at radius 3 is 1.10 bits per heavy atom. The van der Waals surface area contributed by atoms with Gasteiger partial charge in [-0.15, -0.1) is 10.2 Å². The Kier molecular flexibility index (Phi) is 31.5. The van der Waals surface area contributed by atoms with E-state index in [9.17, 15) is 9.59 Å². The highest BCUT2D eigenvalue weighted by molar-refractivity contribution is 5.74. The monoisotopic (exact) mass is 958 g/mol. The van der Waals surface area contributed by atoms with E-state index >= 15 is 0 Å². The van der Waals surface area contributed by atoms with Crippen molar-refractivity contribution in [2.45, 2.75) is 206 Å². The summed E-state index contributed by atoms with van der Waals surface area (Å²) in [5.74, 6) is -0.439. The van der Waals surface area contributed by atoms with E-state index in [1.54, 1.807) is 0 Å². The smallest absolute Gasteiger partial charge is 0.306 e. The van der Waals surface area contributed by atoms with E-state index in [2.05, 4.69) is 103 Å². The minimum atomic E-state index is -4.94. The first kappa shape index (κ1) is 58.2. The summed E-state index contributed by atoms with van der Waals surface area (Å²) in [5, 5.41) is 0. The molecular weight excluding hydrogens is 874 g/mol. The highest BCUT2D eigenvalue weighted by Crippen LogP contribution is 2.30. The molecule has 68 heavy (non-hydrogen) atoms. The van der Waals surface area contributed by atoms with Crippen molar-refractivity contribution in [2.75, 3.05) is 6.61 Å². The Morgan fingerprint density at radius 2 is 0.750 bits per heavy atom. The van der Waals surface area contributed by atoms with Gasteiger partial charge in [-0.1, -0.05) is 235 Å². The summed E-state index contributed by atoms with van der Waals surface area (Å²) >= 11 is 0. The van der Waals surface area contributed by atoms with Crippen molar-refractivity contribution in [1.82, 2.24) is 0 Å². The third kappa shape index (κ3) is 27.8. The van der Waals surface area contributed by atoms with Gasteiger partial charge in [0.15, 0.2) is 12.6 Å². The van der Waals surface area contributed by atoms with E-state index in [-0.39, 0.29) is 18.5 Å². The van der Waals surface area contributed by atoms with Gasteiger partial charge < -0.3 is 9.47 Å². The second-order valence-electron chi connectivity index (χ2n) is 18.4. The number of carbonyl (C=O) groups excluding carboxylic acids is 2. The molecule has 1 unspecified atom stereocenters. The largest absolute Gasteiger partial charge is 0.461 e. The van der Waals surface area contributed by atoms with Crippen LogP contribution in [0.25, 0.3) is 33.6 Å². The topological polar surface area (TPSA) is 149 Å². The van der Waals surface area contributed by atoms with Gasteiger partial charge in [-0.25, -0.2) is 18.6 Å². The van der Waals surface area contributed by atoms with E-state index in [0.29, 0.717) is 19.4 Å². The summed E-state index contributed by atoms with van der Waals surface area (Å²) in [7, 11) is -4.94. The van der Waals surface area contributed by atoms with Crippen LogP contribution in [-0.2, 0) is 25.6 Å². The molecule has 3 aromatic carbocycles. The van der Waals surface area contributed by atoms with Gasteiger partial charge in [-0.05, 0) is 48.2 Å². The SMILES string of the molecule is CCCCCCCCCCCCCCCC(=O)OCC(C[n+]1c(-c2ccccc2)cc(-c2ccccc2)cc1-c1ccccc1)OC(=O)CCCCCCCCCCCCCCC.[O-][Cl+3]([O-])([O-])[O-]. The van der Waals surface area contributed by atoms with Gasteiger partial charge in [-0.2, -0.15) is 4.57 Å². The molecule has 1 heterocycles. The molecule has 0 bridgehead atoms. The first-order chi connectivity index (χ1) is 33.1. The fraction of sp³-hybridized carbons (Fsp3) is 0.569. The lowest BCUT2D eigenvalue weighted by molar-refractivity contribution is -2.00. The molecule has 4 rings (SSSR count). The van der Waals surface area contributed by atoms with Gasteiger partial charge in [0.1, 0.15) is 6.61 Å². The highest BCUT2D eigenvalue weighted by atomic mass is 35.7. The van der Waals surface area contributed by atoms with Crippen molar-refractivity contribution in [3.8, 4) is 33.6 Å².